The van der Waals surface area contributed by atoms with Crippen LogP contribution in [0.1, 0.15) is 15.4 Å². The predicted octanol–water partition coefficient (Wildman–Crippen LogP) is 2.49. The van der Waals surface area contributed by atoms with E-state index in [0.717, 1.165) is 16.3 Å². The summed E-state index contributed by atoms with van der Waals surface area (Å²) < 4.78 is 4.91. The van der Waals surface area contributed by atoms with Crippen LogP contribution in [0.25, 0.3) is 10.6 Å². The van der Waals surface area contributed by atoms with Crippen LogP contribution in [0.15, 0.2) is 30.3 Å². The molecule has 2 rings (SSSR count). The van der Waals surface area contributed by atoms with Gasteiger partial charge in [0.1, 0.15) is 9.88 Å². The zero-order valence-electron chi connectivity index (χ0n) is 11.0. The van der Waals surface area contributed by atoms with Crippen molar-refractivity contribution in [2.45, 2.75) is 6.92 Å². The number of hydrogen-bond donors (Lipinski definition) is 1. The number of aromatic nitrogens is 1. The molecular weight excluding hydrogens is 260 g/mol. The summed E-state index contributed by atoms with van der Waals surface area (Å²) in [6, 6.07) is 9.87. The van der Waals surface area contributed by atoms with E-state index < -0.39 is 0 Å². The molecule has 0 atom stereocenters. The largest absolute Gasteiger partial charge is 0.383 e. The minimum atomic E-state index is -0.0887. The van der Waals surface area contributed by atoms with Gasteiger partial charge in [0.05, 0.1) is 12.3 Å². The van der Waals surface area contributed by atoms with Gasteiger partial charge in [-0.3, -0.25) is 4.79 Å². The highest BCUT2D eigenvalue weighted by Crippen LogP contribution is 2.27. The van der Waals surface area contributed by atoms with Crippen molar-refractivity contribution in [2.75, 3.05) is 20.3 Å². The molecular formula is C14H16N2O2S. The molecule has 1 N–H and O–H groups in total. The van der Waals surface area contributed by atoms with Crippen LogP contribution in [-0.4, -0.2) is 31.2 Å². The first kappa shape index (κ1) is 13.7. The summed E-state index contributed by atoms with van der Waals surface area (Å²) in [7, 11) is 1.61. The second-order valence-electron chi connectivity index (χ2n) is 4.05. The molecule has 5 heteroatoms. The standard InChI is InChI=1S/C14H16N2O2S/c1-10-12(13(17)15-8-9-18-2)19-14(16-10)11-6-4-3-5-7-11/h3-7H,8-9H2,1-2H3,(H,15,17). The van der Waals surface area contributed by atoms with Crippen molar-refractivity contribution < 1.29 is 9.53 Å². The summed E-state index contributed by atoms with van der Waals surface area (Å²) >= 11 is 1.41. The molecule has 0 saturated heterocycles. The van der Waals surface area contributed by atoms with Gasteiger partial charge in [-0.25, -0.2) is 4.98 Å². The van der Waals surface area contributed by atoms with E-state index in [0.29, 0.717) is 18.0 Å². The van der Waals surface area contributed by atoms with E-state index in [1.165, 1.54) is 11.3 Å². The number of nitrogens with zero attached hydrogens (tertiary/aromatic N) is 1. The quantitative estimate of drug-likeness (QED) is 0.854. The predicted molar refractivity (Wildman–Crippen MR) is 76.5 cm³/mol. The highest BCUT2D eigenvalue weighted by Gasteiger charge is 2.15. The van der Waals surface area contributed by atoms with Crippen molar-refractivity contribution in [3.8, 4) is 10.6 Å². The normalized spacial score (nSPS) is 10.4. The first-order valence-electron chi connectivity index (χ1n) is 6.02. The number of thiazole rings is 1. The minimum Gasteiger partial charge on any atom is -0.383 e. The molecule has 1 amide bonds. The number of amides is 1. The molecule has 100 valence electrons. The summed E-state index contributed by atoms with van der Waals surface area (Å²) in [5, 5.41) is 3.68. The number of carbonyl (C=O) groups excluding carboxylic acids is 1. The van der Waals surface area contributed by atoms with Gasteiger partial charge in [-0.2, -0.15) is 0 Å². The number of aryl methyl sites for hydroxylation is 1. The van der Waals surface area contributed by atoms with Gasteiger partial charge >= 0.3 is 0 Å². The zero-order valence-corrected chi connectivity index (χ0v) is 11.8. The maximum absolute atomic E-state index is 12.0. The Balaban J connectivity index is 2.15. The number of ether oxygens (including phenoxy) is 1. The van der Waals surface area contributed by atoms with Crippen molar-refractivity contribution in [1.82, 2.24) is 10.3 Å². The minimum absolute atomic E-state index is 0.0887. The number of benzene rings is 1. The Kier molecular flexibility index (Phi) is 4.65. The molecule has 2 aromatic rings. The van der Waals surface area contributed by atoms with Gasteiger partial charge in [0.2, 0.25) is 0 Å². The van der Waals surface area contributed by atoms with Gasteiger partial charge in [0.25, 0.3) is 5.91 Å². The van der Waals surface area contributed by atoms with E-state index in [9.17, 15) is 4.79 Å². The highest BCUT2D eigenvalue weighted by atomic mass is 32.1. The molecule has 1 heterocycles. The average molecular weight is 276 g/mol. The van der Waals surface area contributed by atoms with Crippen molar-refractivity contribution in [3.63, 3.8) is 0 Å². The fraction of sp³-hybridized carbons (Fsp3) is 0.286. The first-order chi connectivity index (χ1) is 9.22. The Morgan fingerprint density at radius 2 is 2.11 bits per heavy atom. The van der Waals surface area contributed by atoms with Gasteiger partial charge in [-0.1, -0.05) is 30.3 Å². The summed E-state index contributed by atoms with van der Waals surface area (Å²) in [4.78, 5) is 17.1. The lowest BCUT2D eigenvalue weighted by Gasteiger charge is -2.02. The second kappa shape index (κ2) is 6.45. The number of carbonyl (C=O) groups is 1. The maximum atomic E-state index is 12.0. The summed E-state index contributed by atoms with van der Waals surface area (Å²) in [5.41, 5.74) is 1.80. The number of methoxy groups -OCH3 is 1. The zero-order chi connectivity index (χ0) is 13.7. The molecule has 0 bridgehead atoms. The van der Waals surface area contributed by atoms with Gasteiger partial charge in [-0.15, -0.1) is 11.3 Å². The molecule has 0 fully saturated rings. The monoisotopic (exact) mass is 276 g/mol. The topological polar surface area (TPSA) is 51.2 Å². The molecule has 1 aromatic heterocycles. The molecule has 1 aromatic carbocycles. The van der Waals surface area contributed by atoms with Crippen LogP contribution in [-0.2, 0) is 4.74 Å². The SMILES string of the molecule is COCCNC(=O)c1sc(-c2ccccc2)nc1C. The maximum Gasteiger partial charge on any atom is 0.263 e. The molecule has 19 heavy (non-hydrogen) atoms. The Hall–Kier alpha value is -1.72. The van der Waals surface area contributed by atoms with Gasteiger partial charge in [0, 0.05) is 19.2 Å². The molecule has 0 saturated carbocycles. The van der Waals surface area contributed by atoms with Gasteiger partial charge in [0.15, 0.2) is 0 Å². The lowest BCUT2D eigenvalue weighted by molar-refractivity contribution is 0.0940. The van der Waals surface area contributed by atoms with Crippen LogP contribution in [0.2, 0.25) is 0 Å². The number of rotatable bonds is 5. The Morgan fingerprint density at radius 1 is 1.37 bits per heavy atom. The molecule has 0 aliphatic heterocycles. The Labute approximate surface area is 116 Å². The smallest absolute Gasteiger partial charge is 0.263 e. The summed E-state index contributed by atoms with van der Waals surface area (Å²) in [6.45, 7) is 2.87. The van der Waals surface area contributed by atoms with Crippen molar-refractivity contribution >= 4 is 17.2 Å². The van der Waals surface area contributed by atoms with E-state index >= 15 is 0 Å². The third-order valence-electron chi connectivity index (χ3n) is 2.62. The fourth-order valence-electron chi connectivity index (χ4n) is 1.66. The first-order valence-corrected chi connectivity index (χ1v) is 6.84. The highest BCUT2D eigenvalue weighted by molar-refractivity contribution is 7.17. The Morgan fingerprint density at radius 3 is 2.79 bits per heavy atom. The lowest BCUT2D eigenvalue weighted by Crippen LogP contribution is -2.26. The van der Waals surface area contributed by atoms with Crippen LogP contribution >= 0.6 is 11.3 Å². The van der Waals surface area contributed by atoms with Crippen LogP contribution in [0, 0.1) is 6.92 Å². The van der Waals surface area contributed by atoms with Crippen molar-refractivity contribution in [2.24, 2.45) is 0 Å². The summed E-state index contributed by atoms with van der Waals surface area (Å²) in [6.07, 6.45) is 0. The van der Waals surface area contributed by atoms with Gasteiger partial charge in [-0.05, 0) is 6.92 Å². The third kappa shape index (κ3) is 3.39. The van der Waals surface area contributed by atoms with Crippen LogP contribution in [0.4, 0.5) is 0 Å². The average Bonchev–Trinajstić information content (AvgIpc) is 2.82. The number of hydrogen-bond acceptors (Lipinski definition) is 4. The molecule has 0 spiro atoms. The molecule has 0 aliphatic rings. The van der Waals surface area contributed by atoms with E-state index in [1.807, 2.05) is 37.3 Å². The van der Waals surface area contributed by atoms with Crippen molar-refractivity contribution in [3.05, 3.63) is 40.9 Å². The molecule has 0 unspecified atom stereocenters. The Bertz CT molecular complexity index is 552. The fourth-order valence-corrected chi connectivity index (χ4v) is 2.65. The van der Waals surface area contributed by atoms with E-state index in [1.54, 1.807) is 7.11 Å². The number of nitrogens with one attached hydrogen (secondary N) is 1. The molecule has 4 nitrogen and oxygen atoms in total. The van der Waals surface area contributed by atoms with Crippen LogP contribution in [0.3, 0.4) is 0 Å². The third-order valence-corrected chi connectivity index (χ3v) is 3.82. The van der Waals surface area contributed by atoms with E-state index in [2.05, 4.69) is 10.3 Å². The lowest BCUT2D eigenvalue weighted by atomic mass is 10.2. The van der Waals surface area contributed by atoms with Crippen LogP contribution < -0.4 is 5.32 Å². The summed E-state index contributed by atoms with van der Waals surface area (Å²) in [5.74, 6) is -0.0887. The van der Waals surface area contributed by atoms with Crippen molar-refractivity contribution in [1.29, 1.82) is 0 Å². The molecule has 0 radical (unpaired) electrons. The van der Waals surface area contributed by atoms with E-state index in [-0.39, 0.29) is 5.91 Å². The molecule has 0 aliphatic carbocycles. The van der Waals surface area contributed by atoms with E-state index in [4.69, 9.17) is 4.74 Å². The van der Waals surface area contributed by atoms with Gasteiger partial charge < -0.3 is 10.1 Å². The second-order valence-corrected chi connectivity index (χ2v) is 5.05. The van der Waals surface area contributed by atoms with Crippen LogP contribution in [0.5, 0.6) is 0 Å².